The van der Waals surface area contributed by atoms with Crippen molar-refractivity contribution in [3.8, 4) is 5.69 Å². The van der Waals surface area contributed by atoms with Gasteiger partial charge in [-0.05, 0) is 37.1 Å². The van der Waals surface area contributed by atoms with Crippen LogP contribution in [-0.4, -0.2) is 21.0 Å². The number of aryl methyl sites for hydroxylation is 1. The number of carbonyl (C=O) groups excluding carboxylic acids is 1. The van der Waals surface area contributed by atoms with Crippen LogP contribution in [0.4, 0.5) is 5.69 Å². The largest absolute Gasteiger partial charge is 0.320 e. The zero-order valence-corrected chi connectivity index (χ0v) is 17.3. The van der Waals surface area contributed by atoms with Gasteiger partial charge in [0, 0.05) is 25.0 Å². The molecule has 1 amide bonds. The summed E-state index contributed by atoms with van der Waals surface area (Å²) in [6.45, 7) is 3.93. The molecule has 146 valence electrons. The van der Waals surface area contributed by atoms with Gasteiger partial charge >= 0.3 is 0 Å². The number of thioether (sulfide) groups is 1. The lowest BCUT2D eigenvalue weighted by Gasteiger charge is -2.07. The number of carbonyl (C=O) groups is 1. The van der Waals surface area contributed by atoms with Crippen LogP contribution in [0.5, 0.6) is 0 Å². The number of anilines is 1. The van der Waals surface area contributed by atoms with Crippen molar-refractivity contribution in [2.45, 2.75) is 26.0 Å². The van der Waals surface area contributed by atoms with Gasteiger partial charge < -0.3 is 5.32 Å². The van der Waals surface area contributed by atoms with Gasteiger partial charge in [0.15, 0.2) is 0 Å². The first-order valence-corrected chi connectivity index (χ1v) is 10.4. The predicted molar refractivity (Wildman–Crippen MR) is 116 cm³/mol. The van der Waals surface area contributed by atoms with Crippen LogP contribution in [-0.2, 0) is 17.6 Å². The lowest BCUT2D eigenvalue weighted by Crippen LogP contribution is -2.23. The number of nitrogens with zero attached hydrogens (tertiary/aromatic N) is 2. The molecule has 2 aromatic carbocycles. The average Bonchev–Trinajstić information content (AvgIpc) is 2.90. The molecule has 28 heavy (non-hydrogen) atoms. The standard InChI is InChI=1S/C22H25N3O2S/c1-16-9-7-8-10-18(16)15-28-14-13-20(26)23-21-17(2)24(3)25(22(21)27)19-11-5-4-6-12-19/h4-12H,13-15H2,1-3H3,(H,23,26). The van der Waals surface area contributed by atoms with E-state index >= 15 is 0 Å². The summed E-state index contributed by atoms with van der Waals surface area (Å²) in [4.78, 5) is 25.2. The van der Waals surface area contributed by atoms with Gasteiger partial charge in [-0.3, -0.25) is 14.3 Å². The summed E-state index contributed by atoms with van der Waals surface area (Å²) in [6, 6.07) is 17.7. The van der Waals surface area contributed by atoms with Crippen molar-refractivity contribution in [3.05, 3.63) is 81.8 Å². The molecule has 0 saturated heterocycles. The molecule has 0 aliphatic rings. The maximum Gasteiger partial charge on any atom is 0.295 e. The first-order valence-electron chi connectivity index (χ1n) is 9.25. The van der Waals surface area contributed by atoms with Crippen LogP contribution < -0.4 is 10.9 Å². The minimum Gasteiger partial charge on any atom is -0.320 e. The fraction of sp³-hybridized carbons (Fsp3) is 0.273. The summed E-state index contributed by atoms with van der Waals surface area (Å²) in [5.41, 5.74) is 4.19. The van der Waals surface area contributed by atoms with E-state index in [2.05, 4.69) is 24.4 Å². The summed E-state index contributed by atoms with van der Waals surface area (Å²) in [5, 5.41) is 2.81. The lowest BCUT2D eigenvalue weighted by atomic mass is 10.1. The first-order chi connectivity index (χ1) is 13.5. The number of hydrogen-bond acceptors (Lipinski definition) is 3. The molecule has 3 aromatic rings. The van der Waals surface area contributed by atoms with Crippen molar-refractivity contribution >= 4 is 23.4 Å². The van der Waals surface area contributed by atoms with E-state index in [1.807, 2.05) is 56.4 Å². The van der Waals surface area contributed by atoms with E-state index in [9.17, 15) is 9.59 Å². The lowest BCUT2D eigenvalue weighted by molar-refractivity contribution is -0.115. The van der Waals surface area contributed by atoms with E-state index in [0.717, 1.165) is 17.1 Å². The number of benzene rings is 2. The van der Waals surface area contributed by atoms with Gasteiger partial charge in [0.1, 0.15) is 5.69 Å². The molecule has 0 aliphatic heterocycles. The van der Waals surface area contributed by atoms with Crippen molar-refractivity contribution < 1.29 is 4.79 Å². The molecular weight excluding hydrogens is 370 g/mol. The minimum absolute atomic E-state index is 0.136. The molecule has 3 rings (SSSR count). The molecule has 0 fully saturated rings. The molecule has 1 N–H and O–H groups in total. The number of amides is 1. The van der Waals surface area contributed by atoms with Crippen molar-refractivity contribution in [1.29, 1.82) is 0 Å². The molecule has 0 bridgehead atoms. The van der Waals surface area contributed by atoms with E-state index < -0.39 is 0 Å². The molecule has 6 heteroatoms. The second-order valence-corrected chi connectivity index (χ2v) is 7.82. The minimum atomic E-state index is -0.216. The molecule has 0 aliphatic carbocycles. The third-order valence-corrected chi connectivity index (χ3v) is 5.82. The van der Waals surface area contributed by atoms with Gasteiger partial charge in [-0.1, -0.05) is 42.5 Å². The summed E-state index contributed by atoms with van der Waals surface area (Å²) < 4.78 is 3.33. The van der Waals surface area contributed by atoms with Crippen LogP contribution >= 0.6 is 11.8 Å². The molecule has 1 heterocycles. The Kier molecular flexibility index (Phi) is 6.41. The Labute approximate surface area is 169 Å². The van der Waals surface area contributed by atoms with Crippen molar-refractivity contribution in [2.24, 2.45) is 7.05 Å². The number of aromatic nitrogens is 2. The zero-order chi connectivity index (χ0) is 20.1. The Morgan fingerprint density at radius 2 is 1.71 bits per heavy atom. The van der Waals surface area contributed by atoms with Crippen LogP contribution in [0, 0.1) is 13.8 Å². The monoisotopic (exact) mass is 395 g/mol. The van der Waals surface area contributed by atoms with Gasteiger partial charge in [-0.2, -0.15) is 11.8 Å². The van der Waals surface area contributed by atoms with Gasteiger partial charge in [-0.25, -0.2) is 4.68 Å². The summed E-state index contributed by atoms with van der Waals surface area (Å²) in [7, 11) is 1.82. The van der Waals surface area contributed by atoms with Crippen LogP contribution in [0.25, 0.3) is 5.69 Å². The summed E-state index contributed by atoms with van der Waals surface area (Å²) in [6.07, 6.45) is 0.371. The molecule has 0 unspecified atom stereocenters. The summed E-state index contributed by atoms with van der Waals surface area (Å²) in [5.74, 6) is 1.45. The van der Waals surface area contributed by atoms with Gasteiger partial charge in [0.2, 0.25) is 5.91 Å². The fourth-order valence-electron chi connectivity index (χ4n) is 3.03. The van der Waals surface area contributed by atoms with Crippen LogP contribution in [0.3, 0.4) is 0 Å². The Morgan fingerprint density at radius 3 is 2.43 bits per heavy atom. The number of nitrogens with one attached hydrogen (secondary N) is 1. The molecular formula is C22H25N3O2S. The second kappa shape index (κ2) is 8.97. The average molecular weight is 396 g/mol. The molecule has 5 nitrogen and oxygen atoms in total. The summed E-state index contributed by atoms with van der Waals surface area (Å²) >= 11 is 1.72. The second-order valence-electron chi connectivity index (χ2n) is 6.71. The van der Waals surface area contributed by atoms with E-state index in [-0.39, 0.29) is 11.5 Å². The molecule has 0 radical (unpaired) electrons. The quantitative estimate of drug-likeness (QED) is 0.614. The number of hydrogen-bond donors (Lipinski definition) is 1. The highest BCUT2D eigenvalue weighted by Crippen LogP contribution is 2.18. The Hall–Kier alpha value is -2.73. The Bertz CT molecular complexity index is 1020. The highest BCUT2D eigenvalue weighted by atomic mass is 32.2. The molecule has 0 spiro atoms. The number of para-hydroxylation sites is 1. The molecule has 1 aromatic heterocycles. The van der Waals surface area contributed by atoms with E-state index in [1.54, 1.807) is 21.1 Å². The van der Waals surface area contributed by atoms with Gasteiger partial charge in [0.05, 0.1) is 11.4 Å². The third-order valence-electron chi connectivity index (χ3n) is 4.81. The SMILES string of the molecule is Cc1ccccc1CSCCC(=O)Nc1c(C)n(C)n(-c2ccccc2)c1=O. The van der Waals surface area contributed by atoms with E-state index in [4.69, 9.17) is 0 Å². The third kappa shape index (κ3) is 4.39. The van der Waals surface area contributed by atoms with Crippen molar-refractivity contribution in [2.75, 3.05) is 11.1 Å². The van der Waals surface area contributed by atoms with E-state index in [1.165, 1.54) is 11.1 Å². The van der Waals surface area contributed by atoms with Crippen molar-refractivity contribution in [1.82, 2.24) is 9.36 Å². The van der Waals surface area contributed by atoms with Crippen molar-refractivity contribution in [3.63, 3.8) is 0 Å². The fourth-order valence-corrected chi connectivity index (χ4v) is 4.05. The van der Waals surface area contributed by atoms with Gasteiger partial charge in [-0.15, -0.1) is 0 Å². The first kappa shape index (κ1) is 20.0. The topological polar surface area (TPSA) is 56.0 Å². The maximum absolute atomic E-state index is 12.8. The van der Waals surface area contributed by atoms with Gasteiger partial charge in [0.25, 0.3) is 5.56 Å². The van der Waals surface area contributed by atoms with Crippen LogP contribution in [0.1, 0.15) is 23.2 Å². The number of rotatable bonds is 7. The highest BCUT2D eigenvalue weighted by molar-refractivity contribution is 7.98. The van der Waals surface area contributed by atoms with Crippen LogP contribution in [0.15, 0.2) is 59.4 Å². The normalized spacial score (nSPS) is 10.8. The highest BCUT2D eigenvalue weighted by Gasteiger charge is 2.17. The van der Waals surface area contributed by atoms with E-state index in [0.29, 0.717) is 17.9 Å². The molecule has 0 saturated carbocycles. The maximum atomic E-state index is 12.8. The molecule has 0 atom stereocenters. The van der Waals surface area contributed by atoms with Crippen LogP contribution in [0.2, 0.25) is 0 Å². The Morgan fingerprint density at radius 1 is 1.04 bits per heavy atom. The zero-order valence-electron chi connectivity index (χ0n) is 16.4. The predicted octanol–water partition coefficient (Wildman–Crippen LogP) is 4.05. The smallest absolute Gasteiger partial charge is 0.295 e. The Balaban J connectivity index is 1.62.